The zero-order valence-electron chi connectivity index (χ0n) is 10.4. The fourth-order valence-corrected chi connectivity index (χ4v) is 1.26. The molecule has 0 unspecified atom stereocenters. The summed E-state index contributed by atoms with van der Waals surface area (Å²) in [5.41, 5.74) is -0.748. The van der Waals surface area contributed by atoms with Crippen molar-refractivity contribution in [1.29, 1.82) is 0 Å². The summed E-state index contributed by atoms with van der Waals surface area (Å²) in [5.74, 6) is 1.14. The summed E-state index contributed by atoms with van der Waals surface area (Å²) in [5, 5.41) is 4.01. The van der Waals surface area contributed by atoms with Gasteiger partial charge in [0.15, 0.2) is 5.82 Å². The van der Waals surface area contributed by atoms with Crippen LogP contribution in [0.15, 0.2) is 12.1 Å². The smallest absolute Gasteiger partial charge is 0.445 e. The molecule has 0 spiro atoms. The Kier molecular flexibility index (Phi) is 7.24. The third-order valence-corrected chi connectivity index (χ3v) is 2.24. The summed E-state index contributed by atoms with van der Waals surface area (Å²) in [6.07, 6.45) is 1.18. The van der Waals surface area contributed by atoms with Gasteiger partial charge in [-0.15, -0.1) is 12.1 Å². The summed E-state index contributed by atoms with van der Waals surface area (Å²) >= 11 is 0. The van der Waals surface area contributed by atoms with Gasteiger partial charge < -0.3 is 12.9 Å². The molecule has 0 bridgehead atoms. The summed E-state index contributed by atoms with van der Waals surface area (Å²) in [6, 6.07) is 0. The van der Waals surface area contributed by atoms with Gasteiger partial charge in [-0.25, -0.2) is 9.67 Å². The fraction of sp³-hybridized carbons (Fsp3) is 0.556. The second kappa shape index (κ2) is 7.08. The molecule has 0 aliphatic carbocycles. The molecule has 0 aromatic carbocycles. The van der Waals surface area contributed by atoms with Gasteiger partial charge in [0.2, 0.25) is 0 Å². The van der Waals surface area contributed by atoms with Crippen LogP contribution >= 0.6 is 0 Å². The molecule has 0 amide bonds. The zero-order valence-corrected chi connectivity index (χ0v) is 13.5. The van der Waals surface area contributed by atoms with Crippen molar-refractivity contribution in [2.45, 2.75) is 33.2 Å². The fourth-order valence-electron chi connectivity index (χ4n) is 1.26. The van der Waals surface area contributed by atoms with E-state index in [1.807, 2.05) is 13.8 Å². The molecule has 0 aliphatic rings. The molecular weight excluding hydrogens is 257 g/mol. The maximum atomic E-state index is 12.4. The average Bonchev–Trinajstić information content (AvgIpc) is 2.59. The van der Waals surface area contributed by atoms with Crippen molar-refractivity contribution in [3.8, 4) is 0 Å². The van der Waals surface area contributed by atoms with Gasteiger partial charge in [0, 0.05) is 19.4 Å². The van der Waals surface area contributed by atoms with Gasteiger partial charge in [0.05, 0.1) is 0 Å². The summed E-state index contributed by atoms with van der Waals surface area (Å²) < 4.78 is 38.4. The van der Waals surface area contributed by atoms with E-state index in [0.717, 1.165) is 0 Å². The Morgan fingerprint density at radius 3 is 2.29 bits per heavy atom. The number of halogens is 3. The summed E-state index contributed by atoms with van der Waals surface area (Å²) in [6.45, 7) is 1.43. The van der Waals surface area contributed by atoms with Crippen LogP contribution in [0.2, 0.25) is 0 Å². The van der Waals surface area contributed by atoms with E-state index in [1.165, 1.54) is 4.68 Å². The SMILES string of the molecule is C=C(Cn1nc(CC)nc1CC)[B-](F)(F)F.[K+]. The van der Waals surface area contributed by atoms with Crippen molar-refractivity contribution < 1.29 is 64.3 Å². The van der Waals surface area contributed by atoms with E-state index in [-0.39, 0.29) is 57.9 Å². The molecule has 3 nitrogen and oxygen atoms in total. The first kappa shape index (κ1) is 17.4. The third-order valence-electron chi connectivity index (χ3n) is 2.24. The van der Waals surface area contributed by atoms with E-state index in [2.05, 4.69) is 16.7 Å². The van der Waals surface area contributed by atoms with Gasteiger partial charge in [-0.3, -0.25) is 0 Å². The van der Waals surface area contributed by atoms with Crippen molar-refractivity contribution >= 4 is 6.98 Å². The molecule has 0 saturated carbocycles. The van der Waals surface area contributed by atoms with E-state index < -0.39 is 12.4 Å². The van der Waals surface area contributed by atoms with E-state index in [4.69, 9.17) is 0 Å². The number of rotatable bonds is 5. The average molecular weight is 271 g/mol. The van der Waals surface area contributed by atoms with E-state index >= 15 is 0 Å². The normalized spacial score (nSPS) is 11.1. The number of allylic oxidation sites excluding steroid dienone is 1. The van der Waals surface area contributed by atoms with Crippen LogP contribution in [0.25, 0.3) is 0 Å². The van der Waals surface area contributed by atoms with Crippen molar-refractivity contribution in [3.63, 3.8) is 0 Å². The second-order valence-corrected chi connectivity index (χ2v) is 3.54. The monoisotopic (exact) mass is 271 g/mol. The van der Waals surface area contributed by atoms with E-state index in [9.17, 15) is 12.9 Å². The standard InChI is InChI=1S/C9H14BF3N3.K/c1-4-8-14-9(5-2)16(15-8)6-7(3)10(11,12)13;/h3-6H2,1-2H3;/q-1;+1. The first-order chi connectivity index (χ1) is 7.38. The van der Waals surface area contributed by atoms with E-state index in [1.54, 1.807) is 0 Å². The third kappa shape index (κ3) is 4.86. The molecule has 0 N–H and O–H groups in total. The van der Waals surface area contributed by atoms with Gasteiger partial charge in [-0.2, -0.15) is 5.10 Å². The molecule has 0 aliphatic heterocycles. The molecule has 0 radical (unpaired) electrons. The topological polar surface area (TPSA) is 30.7 Å². The maximum absolute atomic E-state index is 12.4. The maximum Gasteiger partial charge on any atom is 1.00 e. The van der Waals surface area contributed by atoms with Crippen LogP contribution in [0, 0.1) is 0 Å². The molecule has 1 heterocycles. The quantitative estimate of drug-likeness (QED) is 0.666. The molecule has 0 fully saturated rings. The largest absolute Gasteiger partial charge is 1.00 e. The van der Waals surface area contributed by atoms with Crippen LogP contribution in [0.3, 0.4) is 0 Å². The summed E-state index contributed by atoms with van der Waals surface area (Å²) in [7, 11) is 0. The number of nitrogens with zero attached hydrogens (tertiary/aromatic N) is 3. The first-order valence-corrected chi connectivity index (χ1v) is 5.18. The van der Waals surface area contributed by atoms with Gasteiger partial charge in [-0.05, 0) is 0 Å². The van der Waals surface area contributed by atoms with Crippen LogP contribution in [0.4, 0.5) is 12.9 Å². The molecule has 0 atom stereocenters. The van der Waals surface area contributed by atoms with Crippen molar-refractivity contribution in [2.24, 2.45) is 0 Å². The van der Waals surface area contributed by atoms with Crippen LogP contribution in [-0.4, -0.2) is 21.7 Å². The minimum Gasteiger partial charge on any atom is -0.445 e. The number of aryl methyl sites for hydroxylation is 2. The molecule has 1 rings (SSSR count). The first-order valence-electron chi connectivity index (χ1n) is 5.18. The number of hydrogen-bond acceptors (Lipinski definition) is 2. The predicted octanol–water partition coefficient (Wildman–Crippen LogP) is -0.650. The predicted molar refractivity (Wildman–Crippen MR) is 57.0 cm³/mol. The van der Waals surface area contributed by atoms with E-state index in [0.29, 0.717) is 24.5 Å². The van der Waals surface area contributed by atoms with Crippen LogP contribution in [-0.2, 0) is 19.4 Å². The number of aromatic nitrogens is 3. The zero-order chi connectivity index (χ0) is 12.3. The summed E-state index contributed by atoms with van der Waals surface area (Å²) in [4.78, 5) is 4.13. The van der Waals surface area contributed by atoms with Gasteiger partial charge >= 0.3 is 58.4 Å². The molecule has 8 heteroatoms. The van der Waals surface area contributed by atoms with Crippen LogP contribution in [0.1, 0.15) is 25.5 Å². The minimum atomic E-state index is -5.00. The Labute approximate surface area is 141 Å². The van der Waals surface area contributed by atoms with Crippen molar-refractivity contribution in [2.75, 3.05) is 0 Å². The van der Waals surface area contributed by atoms with Crippen LogP contribution < -0.4 is 51.4 Å². The van der Waals surface area contributed by atoms with Gasteiger partial charge in [0.1, 0.15) is 5.82 Å². The second-order valence-electron chi connectivity index (χ2n) is 3.54. The molecule has 17 heavy (non-hydrogen) atoms. The molecule has 90 valence electrons. The van der Waals surface area contributed by atoms with Gasteiger partial charge in [-0.1, -0.05) is 13.8 Å². The molecule has 1 aromatic heterocycles. The van der Waals surface area contributed by atoms with Crippen molar-refractivity contribution in [1.82, 2.24) is 14.8 Å². The Morgan fingerprint density at radius 2 is 1.88 bits per heavy atom. The van der Waals surface area contributed by atoms with Crippen LogP contribution in [0.5, 0.6) is 0 Å². The Morgan fingerprint density at radius 1 is 1.29 bits per heavy atom. The Balaban J connectivity index is 0.00000256. The van der Waals surface area contributed by atoms with Crippen molar-refractivity contribution in [3.05, 3.63) is 23.7 Å². The Bertz CT molecular complexity index is 389. The molecule has 1 aromatic rings. The molecular formula is C9H14BF3KN3. The number of hydrogen-bond donors (Lipinski definition) is 0. The Hall–Kier alpha value is 0.371. The minimum absolute atomic E-state index is 0. The van der Waals surface area contributed by atoms with Gasteiger partial charge in [0.25, 0.3) is 0 Å². The molecule has 0 saturated heterocycles.